The fourth-order valence-corrected chi connectivity index (χ4v) is 2.94. The third kappa shape index (κ3) is 3.60. The highest BCUT2D eigenvalue weighted by atomic mass is 35.5. The predicted octanol–water partition coefficient (Wildman–Crippen LogP) is 2.74. The summed E-state index contributed by atoms with van der Waals surface area (Å²) in [7, 11) is -2.14. The molecule has 6 heteroatoms. The molecule has 1 rings (SSSR count). The first kappa shape index (κ1) is 15.3. The Morgan fingerprint density at radius 1 is 1.39 bits per heavy atom. The van der Waals surface area contributed by atoms with Crippen LogP contribution >= 0.6 is 11.6 Å². The third-order valence-electron chi connectivity index (χ3n) is 2.56. The van der Waals surface area contributed by atoms with E-state index >= 15 is 0 Å². The van der Waals surface area contributed by atoms with E-state index in [9.17, 15) is 8.42 Å². The second-order valence-electron chi connectivity index (χ2n) is 4.00. The van der Waals surface area contributed by atoms with Gasteiger partial charge in [0.15, 0.2) is 0 Å². The molecule has 1 aromatic rings. The minimum absolute atomic E-state index is 0.0803. The summed E-state index contributed by atoms with van der Waals surface area (Å²) in [5.41, 5.74) is 0.779. The maximum Gasteiger partial charge on any atom is 0.244 e. The van der Waals surface area contributed by atoms with Gasteiger partial charge in [0.05, 0.1) is 7.11 Å². The molecule has 0 unspecified atom stereocenters. The number of ether oxygens (including phenoxy) is 1. The number of hydrogen-bond donors (Lipinski definition) is 1. The summed E-state index contributed by atoms with van der Waals surface area (Å²) < 4.78 is 31.8. The zero-order chi connectivity index (χ0) is 13.8. The summed E-state index contributed by atoms with van der Waals surface area (Å²) in [5.74, 6) is 0.306. The minimum Gasteiger partial charge on any atom is -0.495 e. The van der Waals surface area contributed by atoms with Gasteiger partial charge >= 0.3 is 0 Å². The lowest BCUT2D eigenvalue weighted by Crippen LogP contribution is -2.25. The highest BCUT2D eigenvalue weighted by Crippen LogP contribution is 2.29. The summed E-state index contributed by atoms with van der Waals surface area (Å²) in [6, 6.07) is 3.04. The van der Waals surface area contributed by atoms with Crippen molar-refractivity contribution in [3.05, 3.63) is 22.7 Å². The molecule has 0 radical (unpaired) electrons. The molecule has 0 aliphatic carbocycles. The summed E-state index contributed by atoms with van der Waals surface area (Å²) in [6.45, 7) is 4.21. The van der Waals surface area contributed by atoms with Gasteiger partial charge in [0.2, 0.25) is 10.0 Å². The molecule has 4 nitrogen and oxygen atoms in total. The third-order valence-corrected chi connectivity index (χ3v) is 4.45. The highest BCUT2D eigenvalue weighted by molar-refractivity contribution is 7.89. The molecule has 0 atom stereocenters. The monoisotopic (exact) mass is 291 g/mol. The van der Waals surface area contributed by atoms with Gasteiger partial charge in [-0.15, -0.1) is 0 Å². The quantitative estimate of drug-likeness (QED) is 0.820. The van der Waals surface area contributed by atoms with Crippen LogP contribution in [0.1, 0.15) is 25.3 Å². The first-order valence-corrected chi connectivity index (χ1v) is 7.62. The maximum atomic E-state index is 12.1. The second kappa shape index (κ2) is 6.41. The average Bonchev–Trinajstić information content (AvgIpc) is 2.32. The van der Waals surface area contributed by atoms with Crippen molar-refractivity contribution >= 4 is 21.6 Å². The van der Waals surface area contributed by atoms with Crippen molar-refractivity contribution < 1.29 is 13.2 Å². The zero-order valence-corrected chi connectivity index (χ0v) is 12.4. The number of benzene rings is 1. The van der Waals surface area contributed by atoms with Gasteiger partial charge < -0.3 is 4.74 Å². The number of halogens is 1. The van der Waals surface area contributed by atoms with Crippen molar-refractivity contribution in [3.63, 3.8) is 0 Å². The van der Waals surface area contributed by atoms with E-state index in [1.807, 2.05) is 6.92 Å². The first-order chi connectivity index (χ1) is 8.42. The fraction of sp³-hybridized carbons (Fsp3) is 0.500. The van der Waals surface area contributed by atoms with Crippen molar-refractivity contribution in [2.75, 3.05) is 13.7 Å². The van der Waals surface area contributed by atoms with E-state index < -0.39 is 10.0 Å². The molecule has 18 heavy (non-hydrogen) atoms. The van der Waals surface area contributed by atoms with E-state index in [2.05, 4.69) is 4.72 Å². The molecule has 0 bridgehead atoms. The van der Waals surface area contributed by atoms with Crippen molar-refractivity contribution in [2.24, 2.45) is 0 Å². The number of nitrogens with one attached hydrogen (secondary N) is 1. The van der Waals surface area contributed by atoms with Gasteiger partial charge in [-0.25, -0.2) is 13.1 Å². The van der Waals surface area contributed by atoms with E-state index in [-0.39, 0.29) is 4.90 Å². The molecule has 0 saturated carbocycles. The lowest BCUT2D eigenvalue weighted by atomic mass is 10.2. The number of unbranched alkanes of at least 4 members (excludes halogenated alkanes) is 1. The molecule has 0 fully saturated rings. The van der Waals surface area contributed by atoms with Crippen molar-refractivity contribution in [1.82, 2.24) is 4.72 Å². The van der Waals surface area contributed by atoms with Gasteiger partial charge in [-0.2, -0.15) is 0 Å². The van der Waals surface area contributed by atoms with E-state index in [1.54, 1.807) is 13.0 Å². The van der Waals surface area contributed by atoms with Crippen LogP contribution in [0.4, 0.5) is 0 Å². The summed E-state index contributed by atoms with van der Waals surface area (Å²) >= 11 is 5.96. The summed E-state index contributed by atoms with van der Waals surface area (Å²) in [4.78, 5) is 0.0803. The predicted molar refractivity (Wildman–Crippen MR) is 72.8 cm³/mol. The first-order valence-electron chi connectivity index (χ1n) is 5.76. The van der Waals surface area contributed by atoms with Crippen LogP contribution < -0.4 is 9.46 Å². The lowest BCUT2D eigenvalue weighted by molar-refractivity contribution is 0.402. The molecule has 0 saturated heterocycles. The Morgan fingerprint density at radius 3 is 2.61 bits per heavy atom. The van der Waals surface area contributed by atoms with E-state index in [0.717, 1.165) is 18.4 Å². The molecule has 0 aromatic heterocycles. The van der Waals surface area contributed by atoms with E-state index in [4.69, 9.17) is 16.3 Å². The molecular formula is C12H18ClNO3S. The van der Waals surface area contributed by atoms with Gasteiger partial charge in [0, 0.05) is 11.6 Å². The van der Waals surface area contributed by atoms with Crippen LogP contribution in [0, 0.1) is 6.92 Å². The van der Waals surface area contributed by atoms with E-state index in [0.29, 0.717) is 17.3 Å². The summed E-state index contributed by atoms with van der Waals surface area (Å²) in [6.07, 6.45) is 1.72. The van der Waals surface area contributed by atoms with Gasteiger partial charge in [0.25, 0.3) is 0 Å². The van der Waals surface area contributed by atoms with E-state index in [1.165, 1.54) is 13.2 Å². The molecule has 1 N–H and O–H groups in total. The molecule has 1 aromatic carbocycles. The number of methoxy groups -OCH3 is 1. The fourth-order valence-electron chi connectivity index (χ4n) is 1.47. The largest absolute Gasteiger partial charge is 0.495 e. The number of rotatable bonds is 6. The Kier molecular flexibility index (Phi) is 5.44. The smallest absolute Gasteiger partial charge is 0.244 e. The van der Waals surface area contributed by atoms with Crippen LogP contribution in [0.3, 0.4) is 0 Å². The summed E-state index contributed by atoms with van der Waals surface area (Å²) in [5, 5.41) is 0.409. The molecule has 0 aliphatic rings. The molecule has 0 amide bonds. The average molecular weight is 292 g/mol. The Hall–Kier alpha value is -0.780. The number of hydrogen-bond acceptors (Lipinski definition) is 3. The number of aryl methyl sites for hydroxylation is 1. The Bertz CT molecular complexity index is 514. The minimum atomic E-state index is -3.57. The van der Waals surface area contributed by atoms with Crippen LogP contribution in [0.15, 0.2) is 17.0 Å². The van der Waals surface area contributed by atoms with Crippen LogP contribution in [0.2, 0.25) is 5.02 Å². The van der Waals surface area contributed by atoms with Crippen LogP contribution in [-0.4, -0.2) is 22.1 Å². The highest BCUT2D eigenvalue weighted by Gasteiger charge is 2.20. The standard InChI is InChI=1S/C12H18ClNO3S/c1-4-5-6-14-18(15,16)12-8-10(13)9(2)7-11(12)17-3/h7-8,14H,4-6H2,1-3H3. The Labute approximate surface area is 113 Å². The van der Waals surface area contributed by atoms with Crippen LogP contribution in [-0.2, 0) is 10.0 Å². The number of sulfonamides is 1. The molecule has 0 heterocycles. The molecule has 0 spiro atoms. The normalized spacial score (nSPS) is 11.6. The van der Waals surface area contributed by atoms with Gasteiger partial charge in [-0.05, 0) is 31.0 Å². The topological polar surface area (TPSA) is 55.4 Å². The molecular weight excluding hydrogens is 274 g/mol. The van der Waals surface area contributed by atoms with Crippen molar-refractivity contribution in [3.8, 4) is 5.75 Å². The van der Waals surface area contributed by atoms with Crippen LogP contribution in [0.25, 0.3) is 0 Å². The maximum absolute atomic E-state index is 12.1. The van der Waals surface area contributed by atoms with Gasteiger partial charge in [0.1, 0.15) is 10.6 Å². The Morgan fingerprint density at radius 2 is 2.06 bits per heavy atom. The lowest BCUT2D eigenvalue weighted by Gasteiger charge is -2.12. The van der Waals surface area contributed by atoms with Crippen molar-refractivity contribution in [2.45, 2.75) is 31.6 Å². The van der Waals surface area contributed by atoms with Gasteiger partial charge in [-0.3, -0.25) is 0 Å². The zero-order valence-electron chi connectivity index (χ0n) is 10.8. The molecule has 102 valence electrons. The van der Waals surface area contributed by atoms with Crippen molar-refractivity contribution in [1.29, 1.82) is 0 Å². The molecule has 0 aliphatic heterocycles. The SMILES string of the molecule is CCCCNS(=O)(=O)c1cc(Cl)c(C)cc1OC. The van der Waals surface area contributed by atoms with Crippen LogP contribution in [0.5, 0.6) is 5.75 Å². The Balaban J connectivity index is 3.11. The second-order valence-corrected chi connectivity index (χ2v) is 6.15. The van der Waals surface area contributed by atoms with Gasteiger partial charge in [-0.1, -0.05) is 24.9 Å².